The molecule has 0 saturated heterocycles. The lowest BCUT2D eigenvalue weighted by atomic mass is 10.2. The maximum absolute atomic E-state index is 11.2. The Morgan fingerprint density at radius 2 is 2.13 bits per heavy atom. The van der Waals surface area contributed by atoms with Gasteiger partial charge in [0.1, 0.15) is 6.54 Å². The quantitative estimate of drug-likeness (QED) is 0.453. The third-order valence-corrected chi connectivity index (χ3v) is 3.62. The summed E-state index contributed by atoms with van der Waals surface area (Å²) in [6, 6.07) is 5.64. The molecule has 23 heavy (non-hydrogen) atoms. The first-order chi connectivity index (χ1) is 11.2. The van der Waals surface area contributed by atoms with Crippen LogP contribution in [0.25, 0.3) is 0 Å². The van der Waals surface area contributed by atoms with Crippen molar-refractivity contribution in [2.24, 2.45) is 5.10 Å². The van der Waals surface area contributed by atoms with Crippen molar-refractivity contribution >= 4 is 12.2 Å². The number of esters is 1. The molecule has 6 nitrogen and oxygen atoms in total. The van der Waals surface area contributed by atoms with Crippen LogP contribution in [-0.2, 0) is 9.53 Å². The van der Waals surface area contributed by atoms with E-state index in [9.17, 15) is 4.79 Å². The fraction of sp³-hybridized carbons (Fsp3) is 0.529. The summed E-state index contributed by atoms with van der Waals surface area (Å²) >= 11 is 0. The van der Waals surface area contributed by atoms with E-state index in [0.717, 1.165) is 24.2 Å². The van der Waals surface area contributed by atoms with Crippen LogP contribution in [0.15, 0.2) is 23.3 Å². The van der Waals surface area contributed by atoms with Gasteiger partial charge < -0.3 is 14.2 Å². The Bertz CT molecular complexity index is 539. The summed E-state index contributed by atoms with van der Waals surface area (Å²) in [5.41, 5.74) is 3.53. The number of carbonyl (C=O) groups is 1. The van der Waals surface area contributed by atoms with Crippen LogP contribution in [0.3, 0.4) is 0 Å². The van der Waals surface area contributed by atoms with Crippen LogP contribution in [0, 0.1) is 0 Å². The van der Waals surface area contributed by atoms with Gasteiger partial charge in [-0.1, -0.05) is 0 Å². The SMILES string of the molecule is CCOC(=O)CNN=Cc1ccc(OC)c(OC2CCCC2)c1. The standard InChI is InChI=1S/C17H24N2O4/c1-3-22-17(20)12-19-18-11-13-8-9-15(21-2)16(10-13)23-14-6-4-5-7-14/h8-11,14,19H,3-7,12H2,1-2H3. The molecule has 1 aliphatic rings. The number of nitrogens with one attached hydrogen (secondary N) is 1. The summed E-state index contributed by atoms with van der Waals surface area (Å²) in [4.78, 5) is 11.2. The lowest BCUT2D eigenvalue weighted by Crippen LogP contribution is -2.20. The summed E-state index contributed by atoms with van der Waals surface area (Å²) in [5, 5.41) is 4.02. The van der Waals surface area contributed by atoms with Gasteiger partial charge >= 0.3 is 5.97 Å². The molecule has 0 spiro atoms. The third-order valence-electron chi connectivity index (χ3n) is 3.62. The average Bonchev–Trinajstić information content (AvgIpc) is 3.05. The minimum absolute atomic E-state index is 0.0475. The highest BCUT2D eigenvalue weighted by molar-refractivity contribution is 5.81. The Morgan fingerprint density at radius 1 is 1.35 bits per heavy atom. The average molecular weight is 320 g/mol. The summed E-state index contributed by atoms with van der Waals surface area (Å²) in [6.07, 6.45) is 6.50. The van der Waals surface area contributed by atoms with E-state index >= 15 is 0 Å². The van der Waals surface area contributed by atoms with Crippen molar-refractivity contribution in [1.29, 1.82) is 0 Å². The van der Waals surface area contributed by atoms with E-state index < -0.39 is 0 Å². The molecular weight excluding hydrogens is 296 g/mol. The maximum atomic E-state index is 11.2. The molecule has 0 unspecified atom stereocenters. The first-order valence-electron chi connectivity index (χ1n) is 7.99. The molecule has 0 heterocycles. The lowest BCUT2D eigenvalue weighted by molar-refractivity contribution is -0.141. The van der Waals surface area contributed by atoms with E-state index in [4.69, 9.17) is 14.2 Å². The molecule has 1 saturated carbocycles. The van der Waals surface area contributed by atoms with Crippen molar-refractivity contribution in [3.05, 3.63) is 23.8 Å². The molecule has 0 bridgehead atoms. The molecular formula is C17H24N2O4. The number of hydrogen-bond acceptors (Lipinski definition) is 6. The van der Waals surface area contributed by atoms with Gasteiger partial charge in [0.25, 0.3) is 0 Å². The van der Waals surface area contributed by atoms with Gasteiger partial charge in [-0.2, -0.15) is 5.10 Å². The van der Waals surface area contributed by atoms with E-state index in [1.807, 2.05) is 18.2 Å². The van der Waals surface area contributed by atoms with Crippen LogP contribution in [-0.4, -0.2) is 38.5 Å². The van der Waals surface area contributed by atoms with Gasteiger partial charge in [0.15, 0.2) is 11.5 Å². The first-order valence-corrected chi connectivity index (χ1v) is 7.99. The fourth-order valence-electron chi connectivity index (χ4n) is 2.49. The highest BCUT2D eigenvalue weighted by Gasteiger charge is 2.18. The van der Waals surface area contributed by atoms with Crippen molar-refractivity contribution in [3.8, 4) is 11.5 Å². The van der Waals surface area contributed by atoms with E-state index in [1.165, 1.54) is 12.8 Å². The topological polar surface area (TPSA) is 69.2 Å². The fourth-order valence-corrected chi connectivity index (χ4v) is 2.49. The number of benzene rings is 1. The van der Waals surface area contributed by atoms with Crippen molar-refractivity contribution in [3.63, 3.8) is 0 Å². The van der Waals surface area contributed by atoms with Gasteiger partial charge in [-0.05, 0) is 56.4 Å². The minimum Gasteiger partial charge on any atom is -0.493 e. The van der Waals surface area contributed by atoms with Gasteiger partial charge in [-0.25, -0.2) is 0 Å². The monoisotopic (exact) mass is 320 g/mol. The summed E-state index contributed by atoms with van der Waals surface area (Å²) < 4.78 is 16.2. The molecule has 0 amide bonds. The van der Waals surface area contributed by atoms with Crippen LogP contribution in [0.5, 0.6) is 11.5 Å². The molecule has 126 valence electrons. The molecule has 0 aliphatic heterocycles. The highest BCUT2D eigenvalue weighted by atomic mass is 16.5. The molecule has 1 aliphatic carbocycles. The van der Waals surface area contributed by atoms with E-state index in [0.29, 0.717) is 12.4 Å². The van der Waals surface area contributed by atoms with Crippen LogP contribution < -0.4 is 14.9 Å². The molecule has 2 rings (SSSR count). The Labute approximate surface area is 136 Å². The number of ether oxygens (including phenoxy) is 3. The van der Waals surface area contributed by atoms with Crippen molar-refractivity contribution in [2.75, 3.05) is 20.3 Å². The normalized spacial score (nSPS) is 14.9. The molecule has 1 aromatic rings. The van der Waals surface area contributed by atoms with Gasteiger partial charge in [0, 0.05) is 0 Å². The molecule has 1 aromatic carbocycles. The maximum Gasteiger partial charge on any atom is 0.327 e. The van der Waals surface area contributed by atoms with Gasteiger partial charge in [0.05, 0.1) is 26.0 Å². The van der Waals surface area contributed by atoms with Crippen LogP contribution in [0.2, 0.25) is 0 Å². The number of rotatable bonds is 8. The first kappa shape index (κ1) is 17.1. The Morgan fingerprint density at radius 3 is 2.83 bits per heavy atom. The zero-order chi connectivity index (χ0) is 16.5. The second kappa shape index (κ2) is 9.02. The van der Waals surface area contributed by atoms with E-state index in [2.05, 4.69) is 10.5 Å². The van der Waals surface area contributed by atoms with E-state index in [-0.39, 0.29) is 18.6 Å². The number of hydrazone groups is 1. The summed E-state index contributed by atoms with van der Waals surface area (Å²) in [6.45, 7) is 2.18. The summed E-state index contributed by atoms with van der Waals surface area (Å²) in [5.74, 6) is 1.12. The molecule has 1 fully saturated rings. The van der Waals surface area contributed by atoms with Crippen molar-refractivity contribution < 1.29 is 19.0 Å². The number of nitrogens with zero attached hydrogens (tertiary/aromatic N) is 1. The second-order valence-electron chi connectivity index (χ2n) is 5.33. The van der Waals surface area contributed by atoms with Crippen molar-refractivity contribution in [1.82, 2.24) is 5.43 Å². The van der Waals surface area contributed by atoms with E-state index in [1.54, 1.807) is 20.2 Å². The zero-order valence-corrected chi connectivity index (χ0v) is 13.7. The highest BCUT2D eigenvalue weighted by Crippen LogP contribution is 2.32. The second-order valence-corrected chi connectivity index (χ2v) is 5.33. The van der Waals surface area contributed by atoms with Crippen LogP contribution in [0.1, 0.15) is 38.2 Å². The number of carbonyl (C=O) groups excluding carboxylic acids is 1. The Kier molecular flexibility index (Phi) is 6.72. The molecule has 0 atom stereocenters. The molecule has 6 heteroatoms. The number of methoxy groups -OCH3 is 1. The largest absolute Gasteiger partial charge is 0.493 e. The lowest BCUT2D eigenvalue weighted by Gasteiger charge is -2.16. The van der Waals surface area contributed by atoms with Gasteiger partial charge in [0.2, 0.25) is 0 Å². The minimum atomic E-state index is -0.329. The predicted molar refractivity (Wildman–Crippen MR) is 88.1 cm³/mol. The molecule has 0 radical (unpaired) electrons. The van der Waals surface area contributed by atoms with Crippen LogP contribution >= 0.6 is 0 Å². The number of hydrogen-bond donors (Lipinski definition) is 1. The Balaban J connectivity index is 1.94. The zero-order valence-electron chi connectivity index (χ0n) is 13.7. The van der Waals surface area contributed by atoms with Gasteiger partial charge in [-0.15, -0.1) is 0 Å². The Hall–Kier alpha value is -2.24. The van der Waals surface area contributed by atoms with Crippen molar-refractivity contribution in [2.45, 2.75) is 38.7 Å². The smallest absolute Gasteiger partial charge is 0.327 e. The molecule has 1 N–H and O–H groups in total. The third kappa shape index (κ3) is 5.47. The van der Waals surface area contributed by atoms with Crippen LogP contribution in [0.4, 0.5) is 0 Å². The predicted octanol–water partition coefficient (Wildman–Crippen LogP) is 2.50. The summed E-state index contributed by atoms with van der Waals surface area (Å²) in [7, 11) is 1.63. The van der Waals surface area contributed by atoms with Gasteiger partial charge in [-0.3, -0.25) is 10.2 Å². The molecule has 0 aromatic heterocycles.